The first-order valence-electron chi connectivity index (χ1n) is 8.53. The molecule has 0 unspecified atom stereocenters. The summed E-state index contributed by atoms with van der Waals surface area (Å²) in [6.07, 6.45) is 1.31. The van der Waals surface area contributed by atoms with E-state index in [2.05, 4.69) is 16.4 Å². The number of esters is 2. The van der Waals surface area contributed by atoms with Crippen LogP contribution >= 0.6 is 0 Å². The van der Waals surface area contributed by atoms with Crippen molar-refractivity contribution in [3.63, 3.8) is 0 Å². The number of nitrogens with one attached hydrogen (secondary N) is 2. The summed E-state index contributed by atoms with van der Waals surface area (Å²) >= 11 is 0. The van der Waals surface area contributed by atoms with Gasteiger partial charge in [-0.2, -0.15) is 0 Å². The number of hydrogen-bond donors (Lipinski definition) is 2. The van der Waals surface area contributed by atoms with Gasteiger partial charge in [0.15, 0.2) is 5.57 Å². The Labute approximate surface area is 155 Å². The molecule has 1 fully saturated rings. The van der Waals surface area contributed by atoms with Gasteiger partial charge in [0, 0.05) is 47.9 Å². The van der Waals surface area contributed by atoms with Crippen LogP contribution in [0, 0.1) is 0 Å². The standard InChI is InChI=1S/C21H18N2O4/c1-21(2)26-19(24)16(20(25)27-21)12-22-15-8-5-7-13(10-15)18-11-14-6-3-4-9-17(14)23-18/h3-12,22-23H,1-2H3. The van der Waals surface area contributed by atoms with Gasteiger partial charge in [-0.15, -0.1) is 0 Å². The van der Waals surface area contributed by atoms with Gasteiger partial charge in [-0.1, -0.05) is 30.3 Å². The Morgan fingerprint density at radius 2 is 1.70 bits per heavy atom. The predicted molar refractivity (Wildman–Crippen MR) is 102 cm³/mol. The summed E-state index contributed by atoms with van der Waals surface area (Å²) < 4.78 is 10.2. The number of carbonyl (C=O) groups excluding carboxylic acids is 2. The number of rotatable bonds is 3. The lowest BCUT2D eigenvalue weighted by atomic mass is 10.1. The zero-order valence-corrected chi connectivity index (χ0v) is 14.9. The van der Waals surface area contributed by atoms with E-state index in [1.165, 1.54) is 20.0 Å². The van der Waals surface area contributed by atoms with Crippen molar-refractivity contribution in [2.45, 2.75) is 19.6 Å². The van der Waals surface area contributed by atoms with Crippen LogP contribution in [0.3, 0.4) is 0 Å². The highest BCUT2D eigenvalue weighted by atomic mass is 16.7. The van der Waals surface area contributed by atoms with Crippen molar-refractivity contribution < 1.29 is 19.1 Å². The Hall–Kier alpha value is -3.54. The second-order valence-electron chi connectivity index (χ2n) is 6.73. The molecule has 0 saturated carbocycles. The minimum absolute atomic E-state index is 0.176. The fourth-order valence-corrected chi connectivity index (χ4v) is 2.94. The number of aromatic amines is 1. The maximum atomic E-state index is 12.0. The summed E-state index contributed by atoms with van der Waals surface area (Å²) in [5.74, 6) is -2.67. The van der Waals surface area contributed by atoms with E-state index in [0.717, 1.165) is 27.8 Å². The molecule has 136 valence electrons. The van der Waals surface area contributed by atoms with E-state index in [-0.39, 0.29) is 5.57 Å². The van der Waals surface area contributed by atoms with Gasteiger partial charge in [0.2, 0.25) is 0 Å². The third-order valence-electron chi connectivity index (χ3n) is 4.20. The highest BCUT2D eigenvalue weighted by Crippen LogP contribution is 2.27. The Bertz CT molecular complexity index is 1020. The van der Waals surface area contributed by atoms with Gasteiger partial charge in [-0.3, -0.25) is 0 Å². The number of hydrogen-bond acceptors (Lipinski definition) is 5. The van der Waals surface area contributed by atoms with Crippen molar-refractivity contribution in [2.75, 3.05) is 5.32 Å². The minimum atomic E-state index is -1.25. The van der Waals surface area contributed by atoms with E-state index in [4.69, 9.17) is 9.47 Å². The molecule has 0 spiro atoms. The molecule has 1 aromatic heterocycles. The molecule has 27 heavy (non-hydrogen) atoms. The normalized spacial score (nSPS) is 16.0. The first kappa shape index (κ1) is 16.9. The quantitative estimate of drug-likeness (QED) is 0.419. The van der Waals surface area contributed by atoms with E-state index in [9.17, 15) is 9.59 Å². The van der Waals surface area contributed by atoms with Crippen molar-refractivity contribution in [3.8, 4) is 11.3 Å². The van der Waals surface area contributed by atoms with E-state index < -0.39 is 17.7 Å². The molecular formula is C21H18N2O4. The average molecular weight is 362 g/mol. The zero-order chi connectivity index (χ0) is 19.0. The smallest absolute Gasteiger partial charge is 0.350 e. The van der Waals surface area contributed by atoms with Crippen molar-refractivity contribution in [3.05, 3.63) is 66.4 Å². The van der Waals surface area contributed by atoms with Crippen LogP contribution < -0.4 is 5.32 Å². The van der Waals surface area contributed by atoms with Gasteiger partial charge >= 0.3 is 11.9 Å². The van der Waals surface area contributed by atoms with Crippen molar-refractivity contribution in [1.82, 2.24) is 4.98 Å². The summed E-state index contributed by atoms with van der Waals surface area (Å²) in [6.45, 7) is 3.02. The first-order valence-corrected chi connectivity index (χ1v) is 8.53. The Kier molecular flexibility index (Phi) is 3.96. The largest absolute Gasteiger partial charge is 0.419 e. The van der Waals surface area contributed by atoms with Crippen LogP contribution in [0.1, 0.15) is 13.8 Å². The summed E-state index contributed by atoms with van der Waals surface area (Å²) in [6, 6.07) is 17.8. The second-order valence-corrected chi connectivity index (χ2v) is 6.73. The maximum Gasteiger partial charge on any atom is 0.350 e. The third-order valence-corrected chi connectivity index (χ3v) is 4.20. The maximum absolute atomic E-state index is 12.0. The van der Waals surface area contributed by atoms with Crippen LogP contribution in [0.5, 0.6) is 0 Å². The molecule has 1 aliphatic heterocycles. The first-order chi connectivity index (χ1) is 12.9. The molecule has 1 aliphatic rings. The molecule has 2 N–H and O–H groups in total. The predicted octanol–water partition coefficient (Wildman–Crippen LogP) is 3.97. The molecule has 4 rings (SSSR count). The van der Waals surface area contributed by atoms with Crippen molar-refractivity contribution >= 4 is 28.5 Å². The number of cyclic esters (lactones) is 2. The molecule has 1 saturated heterocycles. The van der Waals surface area contributed by atoms with E-state index in [1.807, 2.05) is 48.5 Å². The van der Waals surface area contributed by atoms with Crippen LogP contribution in [0.25, 0.3) is 22.2 Å². The molecule has 6 nitrogen and oxygen atoms in total. The van der Waals surface area contributed by atoms with Gasteiger partial charge in [-0.25, -0.2) is 9.59 Å². The van der Waals surface area contributed by atoms with Crippen LogP contribution in [0.4, 0.5) is 5.69 Å². The van der Waals surface area contributed by atoms with Gasteiger partial charge in [-0.05, 0) is 24.3 Å². The monoisotopic (exact) mass is 362 g/mol. The minimum Gasteiger partial charge on any atom is -0.419 e. The third kappa shape index (κ3) is 3.42. The Morgan fingerprint density at radius 1 is 0.963 bits per heavy atom. The number of para-hydroxylation sites is 1. The second kappa shape index (κ2) is 6.32. The fraction of sp³-hybridized carbons (Fsp3) is 0.143. The van der Waals surface area contributed by atoms with E-state index in [1.54, 1.807) is 0 Å². The van der Waals surface area contributed by atoms with E-state index >= 15 is 0 Å². The highest BCUT2D eigenvalue weighted by Gasteiger charge is 2.38. The van der Waals surface area contributed by atoms with Crippen LogP contribution in [-0.2, 0) is 19.1 Å². The van der Waals surface area contributed by atoms with Crippen molar-refractivity contribution in [2.24, 2.45) is 0 Å². The molecule has 0 radical (unpaired) electrons. The van der Waals surface area contributed by atoms with Gasteiger partial charge in [0.1, 0.15) is 0 Å². The number of fused-ring (bicyclic) bond motifs is 1. The molecule has 3 aromatic rings. The number of anilines is 1. The number of benzene rings is 2. The lowest BCUT2D eigenvalue weighted by Gasteiger charge is -2.29. The molecule has 6 heteroatoms. The molecule has 2 aromatic carbocycles. The van der Waals surface area contributed by atoms with Gasteiger partial charge < -0.3 is 19.8 Å². The van der Waals surface area contributed by atoms with E-state index in [0.29, 0.717) is 0 Å². The van der Waals surface area contributed by atoms with Gasteiger partial charge in [0.05, 0.1) is 0 Å². The lowest BCUT2D eigenvalue weighted by molar-refractivity contribution is -0.222. The summed E-state index contributed by atoms with van der Waals surface area (Å²) in [5, 5.41) is 4.10. The SMILES string of the molecule is CC1(C)OC(=O)C(=CNc2cccc(-c3cc4ccccc4[nH]3)c2)C(=O)O1. The molecule has 0 atom stereocenters. The highest BCUT2D eigenvalue weighted by molar-refractivity contribution is 6.15. The fourth-order valence-electron chi connectivity index (χ4n) is 2.94. The van der Waals surface area contributed by atoms with Gasteiger partial charge in [0.25, 0.3) is 5.79 Å². The van der Waals surface area contributed by atoms with Crippen LogP contribution in [-0.4, -0.2) is 22.7 Å². The molecular weight excluding hydrogens is 344 g/mol. The number of aromatic nitrogens is 1. The zero-order valence-electron chi connectivity index (χ0n) is 14.9. The van der Waals surface area contributed by atoms with Crippen LogP contribution in [0.15, 0.2) is 66.4 Å². The average Bonchev–Trinajstić information content (AvgIpc) is 3.04. The number of H-pyrrole nitrogens is 1. The molecule has 0 aliphatic carbocycles. The van der Waals surface area contributed by atoms with Crippen LogP contribution in [0.2, 0.25) is 0 Å². The lowest BCUT2D eigenvalue weighted by Crippen LogP contribution is -2.42. The summed E-state index contributed by atoms with van der Waals surface area (Å²) in [7, 11) is 0. The Morgan fingerprint density at radius 3 is 2.44 bits per heavy atom. The summed E-state index contributed by atoms with van der Waals surface area (Å²) in [4.78, 5) is 27.4. The topological polar surface area (TPSA) is 80.4 Å². The summed E-state index contributed by atoms with van der Waals surface area (Å²) in [5.41, 5.74) is 3.56. The molecule has 2 heterocycles. The van der Waals surface area contributed by atoms with Crippen molar-refractivity contribution in [1.29, 1.82) is 0 Å². The Balaban J connectivity index is 1.58. The number of ether oxygens (including phenoxy) is 2. The number of carbonyl (C=O) groups is 2. The molecule has 0 bridgehead atoms. The molecule has 0 amide bonds.